The van der Waals surface area contributed by atoms with Gasteiger partial charge in [0.25, 0.3) is 10.0 Å². The van der Waals surface area contributed by atoms with Crippen LogP contribution in [0.25, 0.3) is 0 Å². The van der Waals surface area contributed by atoms with Crippen LogP contribution in [0.2, 0.25) is 0 Å². The Bertz CT molecular complexity index is 730. The Kier molecular flexibility index (Phi) is 4.42. The first-order valence-corrected chi connectivity index (χ1v) is 7.61. The molecule has 0 unspecified atom stereocenters. The zero-order valence-corrected chi connectivity index (χ0v) is 12.0. The second kappa shape index (κ2) is 6.09. The molecule has 7 heteroatoms. The highest BCUT2D eigenvalue weighted by atomic mass is 32.2. The number of ether oxygens (including phenoxy) is 1. The highest BCUT2D eigenvalue weighted by molar-refractivity contribution is 7.92. The summed E-state index contributed by atoms with van der Waals surface area (Å²) in [5.74, 6) is -1.23. The van der Waals surface area contributed by atoms with Crippen LogP contribution >= 0.6 is 0 Å². The van der Waals surface area contributed by atoms with Crippen LogP contribution in [0, 0.1) is 11.6 Å². The Morgan fingerprint density at radius 3 is 2.33 bits per heavy atom. The maximum atomic E-state index is 13.5. The van der Waals surface area contributed by atoms with Crippen LogP contribution in [0.15, 0.2) is 47.4 Å². The van der Waals surface area contributed by atoms with E-state index < -0.39 is 21.7 Å². The van der Waals surface area contributed by atoms with Gasteiger partial charge in [-0.25, -0.2) is 17.2 Å². The molecule has 0 aliphatic heterocycles. The monoisotopic (exact) mass is 313 g/mol. The number of sulfonamides is 1. The van der Waals surface area contributed by atoms with Gasteiger partial charge in [-0.15, -0.1) is 0 Å². The van der Waals surface area contributed by atoms with Crippen LogP contribution < -0.4 is 9.46 Å². The molecule has 0 bridgehead atoms. The molecule has 0 spiro atoms. The molecule has 112 valence electrons. The van der Waals surface area contributed by atoms with Crippen molar-refractivity contribution in [2.45, 2.75) is 11.8 Å². The van der Waals surface area contributed by atoms with E-state index in [2.05, 4.69) is 4.72 Å². The molecule has 0 heterocycles. The quantitative estimate of drug-likeness (QED) is 0.922. The molecule has 2 rings (SSSR count). The molecular weight excluding hydrogens is 300 g/mol. The van der Waals surface area contributed by atoms with E-state index >= 15 is 0 Å². The normalized spacial score (nSPS) is 11.2. The molecular formula is C14H13F2NO3S. The Hall–Kier alpha value is -2.15. The van der Waals surface area contributed by atoms with Gasteiger partial charge in [-0.3, -0.25) is 4.72 Å². The first-order valence-electron chi connectivity index (χ1n) is 6.13. The van der Waals surface area contributed by atoms with Gasteiger partial charge in [-0.1, -0.05) is 0 Å². The molecule has 21 heavy (non-hydrogen) atoms. The van der Waals surface area contributed by atoms with Crippen molar-refractivity contribution in [3.05, 3.63) is 54.1 Å². The molecule has 0 aliphatic rings. The second-order valence-corrected chi connectivity index (χ2v) is 5.82. The van der Waals surface area contributed by atoms with Crippen molar-refractivity contribution in [1.82, 2.24) is 0 Å². The highest BCUT2D eigenvalue weighted by Crippen LogP contribution is 2.21. The van der Waals surface area contributed by atoms with E-state index in [-0.39, 0.29) is 10.6 Å². The Labute approximate surface area is 121 Å². The van der Waals surface area contributed by atoms with Crippen molar-refractivity contribution in [2.24, 2.45) is 0 Å². The van der Waals surface area contributed by atoms with E-state index in [1.807, 2.05) is 6.92 Å². The smallest absolute Gasteiger partial charge is 0.261 e. The van der Waals surface area contributed by atoms with E-state index in [9.17, 15) is 17.2 Å². The zero-order chi connectivity index (χ0) is 15.5. The van der Waals surface area contributed by atoms with Gasteiger partial charge < -0.3 is 4.74 Å². The molecule has 4 nitrogen and oxygen atoms in total. The standard InChI is InChI=1S/C14H13F2NO3S/c1-2-20-11-4-6-12(7-5-11)21(18,19)17-14-8-3-10(15)9-13(14)16/h3-9,17H,2H2,1H3. The minimum Gasteiger partial charge on any atom is -0.494 e. The number of hydrogen-bond donors (Lipinski definition) is 1. The number of halogens is 2. The van der Waals surface area contributed by atoms with Crippen molar-refractivity contribution in [1.29, 1.82) is 0 Å². The number of rotatable bonds is 5. The fraction of sp³-hybridized carbons (Fsp3) is 0.143. The van der Waals surface area contributed by atoms with E-state index in [0.29, 0.717) is 18.4 Å². The summed E-state index contributed by atoms with van der Waals surface area (Å²) in [6.07, 6.45) is 0. The SMILES string of the molecule is CCOc1ccc(S(=O)(=O)Nc2ccc(F)cc2F)cc1. The molecule has 0 aliphatic carbocycles. The zero-order valence-electron chi connectivity index (χ0n) is 11.1. The molecule has 0 saturated carbocycles. The minimum absolute atomic E-state index is 0.0466. The molecule has 1 N–H and O–H groups in total. The lowest BCUT2D eigenvalue weighted by molar-refractivity contribution is 0.340. The average Bonchev–Trinajstić information content (AvgIpc) is 2.43. The highest BCUT2D eigenvalue weighted by Gasteiger charge is 2.16. The Morgan fingerprint density at radius 2 is 1.76 bits per heavy atom. The van der Waals surface area contributed by atoms with Crippen molar-refractivity contribution >= 4 is 15.7 Å². The predicted octanol–water partition coefficient (Wildman–Crippen LogP) is 3.16. The minimum atomic E-state index is -3.95. The van der Waals surface area contributed by atoms with E-state index in [1.54, 1.807) is 0 Å². The van der Waals surface area contributed by atoms with E-state index in [1.165, 1.54) is 24.3 Å². The first kappa shape index (κ1) is 15.2. The molecule has 0 fully saturated rings. The fourth-order valence-electron chi connectivity index (χ4n) is 1.66. The molecule has 0 saturated heterocycles. The molecule has 2 aromatic carbocycles. The number of hydrogen-bond acceptors (Lipinski definition) is 3. The third-order valence-electron chi connectivity index (χ3n) is 2.62. The lowest BCUT2D eigenvalue weighted by Gasteiger charge is -2.10. The van der Waals surface area contributed by atoms with Crippen LogP contribution in [0.3, 0.4) is 0 Å². The van der Waals surface area contributed by atoms with Gasteiger partial charge in [-0.2, -0.15) is 0 Å². The average molecular weight is 313 g/mol. The summed E-state index contributed by atoms with van der Waals surface area (Å²) in [5.41, 5.74) is -0.315. The predicted molar refractivity (Wildman–Crippen MR) is 74.8 cm³/mol. The lowest BCUT2D eigenvalue weighted by Crippen LogP contribution is -2.14. The first-order chi connectivity index (χ1) is 9.92. The summed E-state index contributed by atoms with van der Waals surface area (Å²) < 4.78 is 57.7. The fourth-order valence-corrected chi connectivity index (χ4v) is 2.72. The summed E-state index contributed by atoms with van der Waals surface area (Å²) in [7, 11) is -3.95. The topological polar surface area (TPSA) is 55.4 Å². The van der Waals surface area contributed by atoms with Gasteiger partial charge in [0, 0.05) is 6.07 Å². The largest absolute Gasteiger partial charge is 0.494 e. The second-order valence-electron chi connectivity index (χ2n) is 4.13. The van der Waals surface area contributed by atoms with Crippen LogP contribution in [-0.4, -0.2) is 15.0 Å². The van der Waals surface area contributed by atoms with E-state index in [0.717, 1.165) is 12.1 Å². The molecule has 0 amide bonds. The van der Waals surface area contributed by atoms with Crippen LogP contribution in [0.5, 0.6) is 5.75 Å². The number of benzene rings is 2. The van der Waals surface area contributed by atoms with Crippen LogP contribution in [-0.2, 0) is 10.0 Å². The molecule has 0 aromatic heterocycles. The molecule has 2 aromatic rings. The maximum absolute atomic E-state index is 13.5. The summed E-state index contributed by atoms with van der Waals surface area (Å²) in [6, 6.07) is 8.29. The third-order valence-corrected chi connectivity index (χ3v) is 4.00. The van der Waals surface area contributed by atoms with Crippen molar-refractivity contribution in [3.63, 3.8) is 0 Å². The van der Waals surface area contributed by atoms with Crippen molar-refractivity contribution in [2.75, 3.05) is 11.3 Å². The van der Waals surface area contributed by atoms with Gasteiger partial charge in [-0.05, 0) is 43.3 Å². The summed E-state index contributed by atoms with van der Waals surface area (Å²) in [6.45, 7) is 2.27. The van der Waals surface area contributed by atoms with Crippen molar-refractivity contribution < 1.29 is 21.9 Å². The number of anilines is 1. The van der Waals surface area contributed by atoms with Crippen LogP contribution in [0.4, 0.5) is 14.5 Å². The lowest BCUT2D eigenvalue weighted by atomic mass is 10.3. The third kappa shape index (κ3) is 3.69. The summed E-state index contributed by atoms with van der Waals surface area (Å²) >= 11 is 0. The van der Waals surface area contributed by atoms with Gasteiger partial charge >= 0.3 is 0 Å². The molecule has 0 atom stereocenters. The van der Waals surface area contributed by atoms with Crippen LogP contribution in [0.1, 0.15) is 6.92 Å². The Morgan fingerprint density at radius 1 is 1.10 bits per heavy atom. The Balaban J connectivity index is 2.25. The van der Waals surface area contributed by atoms with Gasteiger partial charge in [0.1, 0.15) is 17.4 Å². The van der Waals surface area contributed by atoms with E-state index in [4.69, 9.17) is 4.74 Å². The summed E-state index contributed by atoms with van der Waals surface area (Å²) in [4.78, 5) is -0.0466. The number of nitrogens with one attached hydrogen (secondary N) is 1. The van der Waals surface area contributed by atoms with Gasteiger partial charge in [0.15, 0.2) is 0 Å². The molecule has 0 radical (unpaired) electrons. The maximum Gasteiger partial charge on any atom is 0.261 e. The summed E-state index contributed by atoms with van der Waals surface area (Å²) in [5, 5.41) is 0. The van der Waals surface area contributed by atoms with Gasteiger partial charge in [0.05, 0.1) is 17.2 Å². The van der Waals surface area contributed by atoms with Gasteiger partial charge in [0.2, 0.25) is 0 Å². The van der Waals surface area contributed by atoms with Crippen molar-refractivity contribution in [3.8, 4) is 5.75 Å².